The molecule has 1 aliphatic heterocycles. The van der Waals surface area contributed by atoms with Crippen molar-refractivity contribution in [1.82, 2.24) is 9.97 Å². The second-order valence-corrected chi connectivity index (χ2v) is 5.99. The molecule has 1 aliphatic rings. The van der Waals surface area contributed by atoms with Crippen molar-refractivity contribution < 1.29 is 14.6 Å². The molecule has 0 amide bonds. The normalized spacial score (nSPS) is 15.1. The second-order valence-electron chi connectivity index (χ2n) is 5.99. The van der Waals surface area contributed by atoms with Gasteiger partial charge in [-0.25, -0.2) is 4.98 Å². The minimum atomic E-state index is -0.196. The van der Waals surface area contributed by atoms with E-state index in [2.05, 4.69) is 20.2 Å². The van der Waals surface area contributed by atoms with Crippen LogP contribution in [-0.4, -0.2) is 48.5 Å². The topological polar surface area (TPSA) is 79.7 Å². The molecule has 1 fully saturated rings. The van der Waals surface area contributed by atoms with E-state index in [1.165, 1.54) is 0 Å². The molecular weight excluding hydrogens is 320 g/mol. The van der Waals surface area contributed by atoms with Crippen molar-refractivity contribution >= 4 is 11.8 Å². The van der Waals surface area contributed by atoms with Crippen molar-refractivity contribution in [3.05, 3.63) is 36.0 Å². The van der Waals surface area contributed by atoms with Gasteiger partial charge in [-0.15, -0.1) is 0 Å². The zero-order chi connectivity index (χ0) is 17.6. The molecule has 0 radical (unpaired) electrons. The highest BCUT2D eigenvalue weighted by Crippen LogP contribution is 2.25. The van der Waals surface area contributed by atoms with Crippen molar-refractivity contribution in [3.8, 4) is 11.5 Å². The van der Waals surface area contributed by atoms with Crippen LogP contribution in [0.1, 0.15) is 18.4 Å². The fraction of sp³-hybridized carbons (Fsp3) is 0.444. The Balaban J connectivity index is 1.67. The lowest BCUT2D eigenvalue weighted by Crippen LogP contribution is -2.36. The molecule has 0 saturated carbocycles. The Morgan fingerprint density at radius 3 is 2.72 bits per heavy atom. The zero-order valence-corrected chi connectivity index (χ0v) is 14.6. The predicted octanol–water partition coefficient (Wildman–Crippen LogP) is 2.07. The van der Waals surface area contributed by atoms with Crippen LogP contribution in [0.3, 0.4) is 0 Å². The Bertz CT molecular complexity index is 702. The molecule has 2 aromatic rings. The minimum Gasteiger partial charge on any atom is -0.497 e. The van der Waals surface area contributed by atoms with E-state index in [9.17, 15) is 5.11 Å². The summed E-state index contributed by atoms with van der Waals surface area (Å²) < 4.78 is 10.6. The highest BCUT2D eigenvalue weighted by molar-refractivity contribution is 5.45. The van der Waals surface area contributed by atoms with E-state index in [-0.39, 0.29) is 6.10 Å². The van der Waals surface area contributed by atoms with Crippen LogP contribution in [0, 0.1) is 0 Å². The number of hydrogen-bond donors (Lipinski definition) is 2. The van der Waals surface area contributed by atoms with Crippen LogP contribution < -0.4 is 19.7 Å². The number of nitrogens with one attached hydrogen (secondary N) is 1. The highest BCUT2D eigenvalue weighted by atomic mass is 16.5. The average Bonchev–Trinajstić information content (AvgIpc) is 2.67. The summed E-state index contributed by atoms with van der Waals surface area (Å²) in [6.07, 6.45) is 3.10. The van der Waals surface area contributed by atoms with Crippen LogP contribution in [-0.2, 0) is 6.54 Å². The summed E-state index contributed by atoms with van der Waals surface area (Å²) in [6.45, 7) is 2.17. The third kappa shape index (κ3) is 4.30. The maximum absolute atomic E-state index is 9.63. The van der Waals surface area contributed by atoms with Crippen LogP contribution in [0.15, 0.2) is 30.5 Å². The Morgan fingerprint density at radius 1 is 1.20 bits per heavy atom. The van der Waals surface area contributed by atoms with Crippen molar-refractivity contribution in [2.75, 3.05) is 37.5 Å². The molecule has 0 bridgehead atoms. The molecule has 1 aromatic heterocycles. The van der Waals surface area contributed by atoms with Crippen LogP contribution in [0.2, 0.25) is 0 Å². The van der Waals surface area contributed by atoms with E-state index in [0.29, 0.717) is 12.5 Å². The Hall–Kier alpha value is -2.54. The molecule has 0 atom stereocenters. The molecule has 134 valence electrons. The Kier molecular flexibility index (Phi) is 5.55. The summed E-state index contributed by atoms with van der Waals surface area (Å²) in [5.74, 6) is 2.96. The molecule has 1 saturated heterocycles. The molecule has 7 nitrogen and oxygen atoms in total. The summed E-state index contributed by atoms with van der Waals surface area (Å²) >= 11 is 0. The number of rotatable bonds is 6. The summed E-state index contributed by atoms with van der Waals surface area (Å²) in [7, 11) is 3.27. The first kappa shape index (κ1) is 17.3. The molecule has 2 N–H and O–H groups in total. The fourth-order valence-corrected chi connectivity index (χ4v) is 2.88. The van der Waals surface area contributed by atoms with Gasteiger partial charge in [-0.05, 0) is 31.0 Å². The molecule has 3 rings (SSSR count). The van der Waals surface area contributed by atoms with E-state index < -0.39 is 0 Å². The maximum atomic E-state index is 9.63. The Labute approximate surface area is 147 Å². The standard InChI is InChI=1S/C18H24N4O3/c1-24-15-4-3-13(16(11-15)25-2)12-20-18-19-8-5-17(21-18)22-9-6-14(23)7-10-22/h3-5,8,11,14,23H,6-7,9-10,12H2,1-2H3,(H,19,20,21). The molecule has 2 heterocycles. The van der Waals surface area contributed by atoms with Gasteiger partial charge in [0.1, 0.15) is 17.3 Å². The monoisotopic (exact) mass is 344 g/mol. The lowest BCUT2D eigenvalue weighted by Gasteiger charge is -2.30. The number of aromatic nitrogens is 2. The van der Waals surface area contributed by atoms with Gasteiger partial charge in [-0.1, -0.05) is 0 Å². The van der Waals surface area contributed by atoms with Crippen molar-refractivity contribution in [1.29, 1.82) is 0 Å². The number of methoxy groups -OCH3 is 2. The fourth-order valence-electron chi connectivity index (χ4n) is 2.88. The predicted molar refractivity (Wildman–Crippen MR) is 96.4 cm³/mol. The number of benzene rings is 1. The van der Waals surface area contributed by atoms with Gasteiger partial charge in [0.2, 0.25) is 5.95 Å². The van der Waals surface area contributed by atoms with Gasteiger partial charge in [0.15, 0.2) is 0 Å². The number of aliphatic hydroxyl groups is 1. The van der Waals surface area contributed by atoms with Crippen LogP contribution >= 0.6 is 0 Å². The third-order valence-corrected chi connectivity index (χ3v) is 4.36. The van der Waals surface area contributed by atoms with E-state index in [4.69, 9.17) is 9.47 Å². The van der Waals surface area contributed by atoms with Gasteiger partial charge < -0.3 is 24.8 Å². The van der Waals surface area contributed by atoms with Gasteiger partial charge in [0, 0.05) is 37.5 Å². The van der Waals surface area contributed by atoms with E-state index >= 15 is 0 Å². The number of hydrogen-bond acceptors (Lipinski definition) is 7. The van der Waals surface area contributed by atoms with Crippen LogP contribution in [0.4, 0.5) is 11.8 Å². The van der Waals surface area contributed by atoms with Crippen molar-refractivity contribution in [2.45, 2.75) is 25.5 Å². The first-order valence-corrected chi connectivity index (χ1v) is 8.40. The highest BCUT2D eigenvalue weighted by Gasteiger charge is 2.18. The second kappa shape index (κ2) is 8.02. The van der Waals surface area contributed by atoms with Crippen molar-refractivity contribution in [3.63, 3.8) is 0 Å². The molecule has 0 aliphatic carbocycles. The summed E-state index contributed by atoms with van der Waals surface area (Å²) in [5, 5.41) is 12.9. The Morgan fingerprint density at radius 2 is 2.00 bits per heavy atom. The van der Waals surface area contributed by atoms with Gasteiger partial charge in [-0.2, -0.15) is 4.98 Å². The average molecular weight is 344 g/mol. The van der Waals surface area contributed by atoms with Crippen molar-refractivity contribution in [2.24, 2.45) is 0 Å². The molecular formula is C18H24N4O3. The summed E-state index contributed by atoms with van der Waals surface area (Å²) in [6, 6.07) is 7.61. The molecule has 7 heteroatoms. The minimum absolute atomic E-state index is 0.196. The lowest BCUT2D eigenvalue weighted by molar-refractivity contribution is 0.145. The summed E-state index contributed by atoms with van der Waals surface area (Å²) in [5.41, 5.74) is 0.999. The molecule has 0 unspecified atom stereocenters. The lowest BCUT2D eigenvalue weighted by atomic mass is 10.1. The molecule has 25 heavy (non-hydrogen) atoms. The SMILES string of the molecule is COc1ccc(CNc2nccc(N3CCC(O)CC3)n2)c(OC)c1. The first-order valence-electron chi connectivity index (χ1n) is 8.40. The first-order chi connectivity index (χ1) is 12.2. The smallest absolute Gasteiger partial charge is 0.224 e. The van der Waals surface area contributed by atoms with E-state index in [0.717, 1.165) is 48.8 Å². The number of ether oxygens (including phenoxy) is 2. The number of aliphatic hydroxyl groups excluding tert-OH is 1. The molecule has 1 aromatic carbocycles. The van der Waals surface area contributed by atoms with Gasteiger partial charge in [0.05, 0.1) is 20.3 Å². The number of anilines is 2. The third-order valence-electron chi connectivity index (χ3n) is 4.36. The summed E-state index contributed by atoms with van der Waals surface area (Å²) in [4.78, 5) is 11.0. The van der Waals surface area contributed by atoms with Crippen LogP contribution in [0.25, 0.3) is 0 Å². The largest absolute Gasteiger partial charge is 0.497 e. The maximum Gasteiger partial charge on any atom is 0.224 e. The molecule has 0 spiro atoms. The number of piperidine rings is 1. The van der Waals surface area contributed by atoms with E-state index in [1.54, 1.807) is 20.4 Å². The van der Waals surface area contributed by atoms with Gasteiger partial charge >= 0.3 is 0 Å². The van der Waals surface area contributed by atoms with Crippen LogP contribution in [0.5, 0.6) is 11.5 Å². The zero-order valence-electron chi connectivity index (χ0n) is 14.6. The quantitative estimate of drug-likeness (QED) is 0.830. The van der Waals surface area contributed by atoms with E-state index in [1.807, 2.05) is 24.3 Å². The number of nitrogens with zero attached hydrogens (tertiary/aromatic N) is 3. The van der Waals surface area contributed by atoms with Gasteiger partial charge in [0.25, 0.3) is 0 Å². The van der Waals surface area contributed by atoms with Gasteiger partial charge in [-0.3, -0.25) is 0 Å².